The predicted molar refractivity (Wildman–Crippen MR) is 86.5 cm³/mol. The van der Waals surface area contributed by atoms with E-state index < -0.39 is 6.10 Å². The fraction of sp³-hybridized carbons (Fsp3) is 0.235. The summed E-state index contributed by atoms with van der Waals surface area (Å²) < 4.78 is 6.67. The molecule has 1 aromatic heterocycles. The second-order valence-electron chi connectivity index (χ2n) is 5.37. The third-order valence-electron chi connectivity index (χ3n) is 3.48. The van der Waals surface area contributed by atoms with Gasteiger partial charge in [0.1, 0.15) is 24.0 Å². The summed E-state index contributed by atoms with van der Waals surface area (Å²) in [5.41, 5.74) is 1.40. The number of benzene rings is 2. The molecule has 3 rings (SSSR count). The quantitative estimate of drug-likeness (QED) is 0.773. The molecule has 1 atom stereocenters. The molecule has 0 saturated carbocycles. The summed E-state index contributed by atoms with van der Waals surface area (Å²) in [6.07, 6.45) is -0.857. The lowest BCUT2D eigenvalue weighted by Crippen LogP contribution is -2.32. The van der Waals surface area contributed by atoms with Crippen molar-refractivity contribution in [2.45, 2.75) is 19.6 Å². The largest absolute Gasteiger partial charge is 0.491 e. The lowest BCUT2D eigenvalue weighted by atomic mass is 10.2. The highest BCUT2D eigenvalue weighted by atomic mass is 16.5. The van der Waals surface area contributed by atoms with Gasteiger partial charge in [0, 0.05) is 0 Å². The first kappa shape index (κ1) is 15.2. The maximum Gasteiger partial charge on any atom is 0.277 e. The fourth-order valence-electron chi connectivity index (χ4n) is 2.22. The van der Waals surface area contributed by atoms with Crippen LogP contribution in [-0.4, -0.2) is 32.8 Å². The van der Waals surface area contributed by atoms with Crippen LogP contribution in [0.15, 0.2) is 53.3 Å². The number of hydrogen-bond acceptors (Lipinski definition) is 5. The first-order valence-electron chi connectivity index (χ1n) is 7.33. The Balaban J connectivity index is 1.68. The Bertz CT molecular complexity index is 859. The normalized spacial score (nSPS) is 12.3. The number of aromatic nitrogens is 3. The predicted octanol–water partition coefficient (Wildman–Crippen LogP) is 1.54. The van der Waals surface area contributed by atoms with E-state index in [-0.39, 0.29) is 18.7 Å². The molecule has 0 radical (unpaired) electrons. The molecule has 1 heterocycles. The van der Waals surface area contributed by atoms with Gasteiger partial charge >= 0.3 is 0 Å². The van der Waals surface area contributed by atoms with Gasteiger partial charge in [-0.1, -0.05) is 35.0 Å². The van der Waals surface area contributed by atoms with Gasteiger partial charge in [-0.15, -0.1) is 5.10 Å². The van der Waals surface area contributed by atoms with Gasteiger partial charge in [-0.25, -0.2) is 4.68 Å². The fourth-order valence-corrected chi connectivity index (χ4v) is 2.22. The van der Waals surface area contributed by atoms with Crippen LogP contribution in [0.2, 0.25) is 0 Å². The van der Waals surface area contributed by atoms with Crippen LogP contribution in [0.1, 0.15) is 5.56 Å². The van der Waals surface area contributed by atoms with Crippen LogP contribution in [0.5, 0.6) is 5.75 Å². The molecular formula is C17H17N3O3. The van der Waals surface area contributed by atoms with Crippen molar-refractivity contribution in [3.05, 3.63) is 64.4 Å². The summed E-state index contributed by atoms with van der Waals surface area (Å²) in [6.45, 7) is 2.09. The monoisotopic (exact) mass is 311 g/mol. The topological polar surface area (TPSA) is 77.2 Å². The minimum atomic E-state index is -0.857. The molecule has 23 heavy (non-hydrogen) atoms. The second kappa shape index (κ2) is 6.58. The van der Waals surface area contributed by atoms with Crippen LogP contribution in [-0.2, 0) is 6.54 Å². The van der Waals surface area contributed by atoms with Crippen LogP contribution >= 0.6 is 0 Å². The van der Waals surface area contributed by atoms with Gasteiger partial charge in [0.15, 0.2) is 0 Å². The van der Waals surface area contributed by atoms with Crippen molar-refractivity contribution in [3.8, 4) is 5.75 Å². The van der Waals surface area contributed by atoms with E-state index in [9.17, 15) is 9.90 Å². The van der Waals surface area contributed by atoms with Crippen molar-refractivity contribution in [2.24, 2.45) is 0 Å². The molecule has 0 bridgehead atoms. The lowest BCUT2D eigenvalue weighted by molar-refractivity contribution is 0.0873. The number of ether oxygens (including phenoxy) is 1. The van der Waals surface area contributed by atoms with E-state index in [1.807, 2.05) is 31.2 Å². The Hall–Kier alpha value is -2.73. The smallest absolute Gasteiger partial charge is 0.277 e. The average Bonchev–Trinajstić information content (AvgIpc) is 2.57. The summed E-state index contributed by atoms with van der Waals surface area (Å²) in [5, 5.41) is 18.4. The molecule has 0 fully saturated rings. The molecule has 0 aliphatic carbocycles. The van der Waals surface area contributed by atoms with Crippen molar-refractivity contribution in [2.75, 3.05) is 6.61 Å². The molecule has 1 N–H and O–H groups in total. The van der Waals surface area contributed by atoms with Gasteiger partial charge in [0.05, 0.1) is 11.9 Å². The van der Waals surface area contributed by atoms with Crippen LogP contribution in [0.4, 0.5) is 0 Å². The Morgan fingerprint density at radius 3 is 2.70 bits per heavy atom. The number of aryl methyl sites for hydroxylation is 1. The van der Waals surface area contributed by atoms with Gasteiger partial charge in [0.2, 0.25) is 0 Å². The highest BCUT2D eigenvalue weighted by Gasteiger charge is 2.11. The van der Waals surface area contributed by atoms with Crippen molar-refractivity contribution >= 4 is 10.9 Å². The molecule has 0 aliphatic heterocycles. The molecule has 0 amide bonds. The summed E-state index contributed by atoms with van der Waals surface area (Å²) in [4.78, 5) is 12.3. The van der Waals surface area contributed by atoms with Crippen molar-refractivity contribution in [1.82, 2.24) is 15.0 Å². The third-order valence-corrected chi connectivity index (χ3v) is 3.48. The zero-order valence-corrected chi connectivity index (χ0v) is 12.7. The number of hydrogen-bond donors (Lipinski definition) is 1. The van der Waals surface area contributed by atoms with E-state index in [1.165, 1.54) is 0 Å². The van der Waals surface area contributed by atoms with E-state index in [2.05, 4.69) is 10.3 Å². The van der Waals surface area contributed by atoms with Crippen LogP contribution in [0.3, 0.4) is 0 Å². The molecule has 0 spiro atoms. The summed E-state index contributed by atoms with van der Waals surface area (Å²) in [6, 6.07) is 14.5. The van der Waals surface area contributed by atoms with E-state index >= 15 is 0 Å². The lowest BCUT2D eigenvalue weighted by Gasteiger charge is -2.13. The molecule has 6 nitrogen and oxygen atoms in total. The maximum atomic E-state index is 12.3. The Morgan fingerprint density at radius 2 is 1.91 bits per heavy atom. The first-order valence-corrected chi connectivity index (χ1v) is 7.33. The van der Waals surface area contributed by atoms with E-state index in [0.717, 1.165) is 10.2 Å². The minimum Gasteiger partial charge on any atom is -0.491 e. The maximum absolute atomic E-state index is 12.3. The first-order chi connectivity index (χ1) is 11.1. The molecule has 3 aromatic rings. The van der Waals surface area contributed by atoms with Gasteiger partial charge in [-0.2, -0.15) is 0 Å². The highest BCUT2D eigenvalue weighted by Crippen LogP contribution is 2.11. The summed E-state index contributed by atoms with van der Waals surface area (Å²) in [5.74, 6) is 0.673. The number of fused-ring (bicyclic) bond motifs is 1. The Kier molecular flexibility index (Phi) is 4.34. The van der Waals surface area contributed by atoms with Crippen molar-refractivity contribution < 1.29 is 9.84 Å². The molecule has 0 unspecified atom stereocenters. The number of rotatable bonds is 5. The van der Waals surface area contributed by atoms with Crippen molar-refractivity contribution in [1.29, 1.82) is 0 Å². The molecule has 0 saturated heterocycles. The zero-order chi connectivity index (χ0) is 16.2. The Morgan fingerprint density at radius 1 is 1.17 bits per heavy atom. The zero-order valence-electron chi connectivity index (χ0n) is 12.7. The SMILES string of the molecule is Cc1ccc(OC[C@@H](O)Cn2nnc3ccccc3c2=O)cc1. The standard InChI is InChI=1S/C17H17N3O3/c1-12-6-8-14(9-7-12)23-11-13(21)10-20-17(22)15-4-2-3-5-16(15)18-19-20/h2-9,13,21H,10-11H2,1H3/t13-/m0/s1. The summed E-state index contributed by atoms with van der Waals surface area (Å²) in [7, 11) is 0. The summed E-state index contributed by atoms with van der Waals surface area (Å²) >= 11 is 0. The van der Waals surface area contributed by atoms with Gasteiger partial charge < -0.3 is 9.84 Å². The molecule has 0 aliphatic rings. The number of aliphatic hydroxyl groups excluding tert-OH is 1. The second-order valence-corrected chi connectivity index (χ2v) is 5.37. The minimum absolute atomic E-state index is 0.0303. The molecule has 6 heteroatoms. The molecule has 2 aromatic carbocycles. The third kappa shape index (κ3) is 3.54. The number of nitrogens with zero attached hydrogens (tertiary/aromatic N) is 3. The molecule has 118 valence electrons. The van der Waals surface area contributed by atoms with E-state index in [1.54, 1.807) is 24.3 Å². The van der Waals surface area contributed by atoms with Gasteiger partial charge in [0.25, 0.3) is 5.56 Å². The van der Waals surface area contributed by atoms with Crippen LogP contribution in [0.25, 0.3) is 10.9 Å². The van der Waals surface area contributed by atoms with Gasteiger partial charge in [-0.3, -0.25) is 4.79 Å². The van der Waals surface area contributed by atoms with Crippen molar-refractivity contribution in [3.63, 3.8) is 0 Å². The highest BCUT2D eigenvalue weighted by molar-refractivity contribution is 5.76. The number of aliphatic hydroxyl groups is 1. The van der Waals surface area contributed by atoms with E-state index in [4.69, 9.17) is 4.74 Å². The Labute approximate surface area is 133 Å². The van der Waals surface area contributed by atoms with E-state index in [0.29, 0.717) is 16.7 Å². The average molecular weight is 311 g/mol. The van der Waals surface area contributed by atoms with Gasteiger partial charge in [-0.05, 0) is 31.2 Å². The van der Waals surface area contributed by atoms with Crippen LogP contribution in [0, 0.1) is 6.92 Å². The van der Waals surface area contributed by atoms with Crippen LogP contribution < -0.4 is 10.3 Å². The molecular weight excluding hydrogens is 294 g/mol.